The number of hydrogen-bond donors (Lipinski definition) is 2. The maximum Gasteiger partial charge on any atom is 0.122 e. The third kappa shape index (κ3) is 8.07. The summed E-state index contributed by atoms with van der Waals surface area (Å²) in [5.74, 6) is 0.856. The maximum atomic E-state index is 11.1. The van der Waals surface area contributed by atoms with Crippen LogP contribution in [0.3, 0.4) is 0 Å². The monoisotopic (exact) mass is 562 g/mol. The van der Waals surface area contributed by atoms with Gasteiger partial charge in [-0.05, 0) is 87.0 Å². The number of ether oxygens (including phenoxy) is 2. The van der Waals surface area contributed by atoms with Gasteiger partial charge in [-0.25, -0.2) is 0 Å². The van der Waals surface area contributed by atoms with Crippen molar-refractivity contribution in [3.05, 3.63) is 94.9 Å². The van der Waals surface area contributed by atoms with Crippen molar-refractivity contribution < 1.29 is 24.1 Å². The second kappa shape index (κ2) is 14.6. The summed E-state index contributed by atoms with van der Waals surface area (Å²) < 4.78 is 18.3. The number of fused-ring (bicyclic) bond motifs is 2. The van der Waals surface area contributed by atoms with Crippen LogP contribution in [0.1, 0.15) is 71.9 Å². The number of aliphatic hydroxyl groups excluding tert-OH is 2. The van der Waals surface area contributed by atoms with E-state index in [1.165, 1.54) is 22.3 Å². The molecule has 0 saturated carbocycles. The molecule has 1 aromatic heterocycles. The Labute approximate surface area is 244 Å². The molecule has 7 heteroatoms. The van der Waals surface area contributed by atoms with Crippen LogP contribution >= 0.6 is 0 Å². The molecular weight excluding hydrogens is 516 g/mol. The van der Waals surface area contributed by atoms with Crippen molar-refractivity contribution >= 4 is 0 Å². The average Bonchev–Trinajstić information content (AvgIpc) is 3.52. The minimum Gasteiger partial charge on any atom is -0.468 e. The van der Waals surface area contributed by atoms with Gasteiger partial charge in [0.1, 0.15) is 5.76 Å². The quantitative estimate of drug-likeness (QED) is 0.283. The molecule has 1 heterocycles. The van der Waals surface area contributed by atoms with E-state index in [9.17, 15) is 10.2 Å². The number of aliphatic hydroxyl groups is 2. The second-order valence-electron chi connectivity index (χ2n) is 11.8. The molecule has 0 saturated heterocycles. The largest absolute Gasteiger partial charge is 0.468 e. The van der Waals surface area contributed by atoms with E-state index in [0.29, 0.717) is 19.6 Å². The van der Waals surface area contributed by atoms with Crippen LogP contribution in [-0.2, 0) is 22.3 Å². The standard InChI is InChI=1S/C34H46N2O5/c1-35(2)31(34-18-9-19-39-34)22-36(20-27(37)23-40-32-16-7-12-25-10-3-5-14-29(25)32)21-28(38)24-41-33-17-8-13-26-11-4-6-15-30(26)33/h3-6,9-11,14-15,18-19,27-28,31-33,37-38H,7-8,12-13,16-17,20-24H2,1-2H3/t27-,28+,31-,32+,33-/m1/s1. The fraction of sp³-hybridized carbons (Fsp3) is 0.529. The average molecular weight is 563 g/mol. The fourth-order valence-corrected chi connectivity index (χ4v) is 6.38. The second-order valence-corrected chi connectivity index (χ2v) is 11.8. The first-order valence-electron chi connectivity index (χ1n) is 15.1. The maximum absolute atomic E-state index is 11.1. The molecule has 0 bridgehead atoms. The molecule has 5 rings (SSSR count). The Morgan fingerprint density at radius 1 is 0.756 bits per heavy atom. The van der Waals surface area contributed by atoms with E-state index in [1.807, 2.05) is 26.2 Å². The minimum absolute atomic E-state index is 0.0121. The molecule has 0 fully saturated rings. The van der Waals surface area contributed by atoms with Gasteiger partial charge in [-0.15, -0.1) is 0 Å². The molecule has 0 amide bonds. The number of rotatable bonds is 14. The predicted octanol–water partition coefficient (Wildman–Crippen LogP) is 5.09. The van der Waals surface area contributed by atoms with Crippen molar-refractivity contribution in [2.45, 2.75) is 69.0 Å². The molecule has 2 aliphatic rings. The van der Waals surface area contributed by atoms with Crippen LogP contribution in [-0.4, -0.2) is 79.2 Å². The Balaban J connectivity index is 1.21. The van der Waals surface area contributed by atoms with Crippen LogP contribution in [0.25, 0.3) is 0 Å². The first kappa shape index (κ1) is 30.0. The molecule has 3 aromatic rings. The zero-order valence-electron chi connectivity index (χ0n) is 24.5. The third-order valence-corrected chi connectivity index (χ3v) is 8.47. The summed E-state index contributed by atoms with van der Waals surface area (Å²) in [6, 6.07) is 20.8. The van der Waals surface area contributed by atoms with Gasteiger partial charge in [0.2, 0.25) is 0 Å². The van der Waals surface area contributed by atoms with Crippen molar-refractivity contribution in [3.63, 3.8) is 0 Å². The summed E-state index contributed by atoms with van der Waals surface area (Å²) >= 11 is 0. The number of hydrogen-bond acceptors (Lipinski definition) is 7. The SMILES string of the molecule is CN(C)[C@H](CN(C[C@H](O)CO[C@@H]1CCCc2ccccc21)C[C@@H](O)CO[C@H]1CCCc2ccccc21)c1ccco1. The number of furan rings is 1. The van der Waals surface area contributed by atoms with Crippen LogP contribution in [0.5, 0.6) is 0 Å². The summed E-state index contributed by atoms with van der Waals surface area (Å²) in [6.07, 6.45) is 6.61. The van der Waals surface area contributed by atoms with E-state index in [0.717, 1.165) is 44.3 Å². The van der Waals surface area contributed by atoms with Gasteiger partial charge in [0, 0.05) is 19.6 Å². The number of aryl methyl sites for hydroxylation is 2. The van der Waals surface area contributed by atoms with Gasteiger partial charge < -0.3 is 24.1 Å². The van der Waals surface area contributed by atoms with Gasteiger partial charge in [-0.3, -0.25) is 9.80 Å². The van der Waals surface area contributed by atoms with Gasteiger partial charge in [-0.2, -0.15) is 0 Å². The number of likely N-dealkylation sites (N-methyl/N-ethyl adjacent to an activating group) is 1. The van der Waals surface area contributed by atoms with Crippen molar-refractivity contribution in [2.75, 3.05) is 46.9 Å². The van der Waals surface area contributed by atoms with E-state index in [-0.39, 0.29) is 31.5 Å². The van der Waals surface area contributed by atoms with Gasteiger partial charge >= 0.3 is 0 Å². The summed E-state index contributed by atoms with van der Waals surface area (Å²) in [5.41, 5.74) is 5.17. The van der Waals surface area contributed by atoms with Crippen LogP contribution in [0.2, 0.25) is 0 Å². The van der Waals surface area contributed by atoms with Crippen LogP contribution in [0.15, 0.2) is 71.3 Å². The lowest BCUT2D eigenvalue weighted by atomic mass is 9.89. The molecule has 0 radical (unpaired) electrons. The van der Waals surface area contributed by atoms with Crippen molar-refractivity contribution in [3.8, 4) is 0 Å². The summed E-state index contributed by atoms with van der Waals surface area (Å²) in [6.45, 7) is 1.83. The van der Waals surface area contributed by atoms with E-state index in [4.69, 9.17) is 13.9 Å². The molecule has 0 spiro atoms. The third-order valence-electron chi connectivity index (χ3n) is 8.47. The highest BCUT2D eigenvalue weighted by atomic mass is 16.5. The molecule has 2 N–H and O–H groups in total. The molecular formula is C34H46N2O5. The molecule has 5 atom stereocenters. The fourth-order valence-electron chi connectivity index (χ4n) is 6.38. The van der Waals surface area contributed by atoms with E-state index in [2.05, 4.69) is 58.3 Å². The smallest absolute Gasteiger partial charge is 0.122 e. The Morgan fingerprint density at radius 2 is 1.29 bits per heavy atom. The van der Waals surface area contributed by atoms with Crippen LogP contribution in [0.4, 0.5) is 0 Å². The Hall–Kier alpha value is -2.52. The van der Waals surface area contributed by atoms with E-state index in [1.54, 1.807) is 6.26 Å². The Morgan fingerprint density at radius 3 is 1.78 bits per heavy atom. The van der Waals surface area contributed by atoms with Gasteiger partial charge in [0.15, 0.2) is 0 Å². The summed E-state index contributed by atoms with van der Waals surface area (Å²) in [4.78, 5) is 4.22. The normalized spacial score (nSPS) is 20.9. The van der Waals surface area contributed by atoms with Crippen molar-refractivity contribution in [1.82, 2.24) is 9.80 Å². The van der Waals surface area contributed by atoms with Crippen LogP contribution in [0, 0.1) is 0 Å². The highest BCUT2D eigenvalue weighted by Crippen LogP contribution is 2.33. The highest BCUT2D eigenvalue weighted by molar-refractivity contribution is 5.32. The molecule has 222 valence electrons. The van der Waals surface area contributed by atoms with Gasteiger partial charge in [-0.1, -0.05) is 48.5 Å². The molecule has 0 aliphatic heterocycles. The van der Waals surface area contributed by atoms with E-state index >= 15 is 0 Å². The summed E-state index contributed by atoms with van der Waals surface area (Å²) in [7, 11) is 4.04. The van der Waals surface area contributed by atoms with Crippen LogP contribution < -0.4 is 0 Å². The molecule has 0 unspecified atom stereocenters. The molecule has 2 aliphatic carbocycles. The molecule has 2 aromatic carbocycles. The van der Waals surface area contributed by atoms with E-state index < -0.39 is 12.2 Å². The summed E-state index contributed by atoms with van der Waals surface area (Å²) in [5, 5.41) is 22.2. The lowest BCUT2D eigenvalue weighted by Crippen LogP contribution is -2.44. The topological polar surface area (TPSA) is 78.5 Å². The van der Waals surface area contributed by atoms with Gasteiger partial charge in [0.05, 0.1) is 49.9 Å². The Kier molecular flexibility index (Phi) is 10.7. The van der Waals surface area contributed by atoms with Crippen molar-refractivity contribution in [2.24, 2.45) is 0 Å². The molecule has 7 nitrogen and oxygen atoms in total. The zero-order chi connectivity index (χ0) is 28.6. The lowest BCUT2D eigenvalue weighted by molar-refractivity contribution is -0.0495. The first-order chi connectivity index (χ1) is 20.0. The van der Waals surface area contributed by atoms with Crippen molar-refractivity contribution in [1.29, 1.82) is 0 Å². The highest BCUT2D eigenvalue weighted by Gasteiger charge is 2.27. The molecule has 41 heavy (non-hydrogen) atoms. The lowest BCUT2D eigenvalue weighted by Gasteiger charge is -2.34. The predicted molar refractivity (Wildman–Crippen MR) is 160 cm³/mol. The number of benzene rings is 2. The minimum atomic E-state index is -0.693. The number of nitrogens with zero attached hydrogens (tertiary/aromatic N) is 2. The Bertz CT molecular complexity index is 1130. The zero-order valence-corrected chi connectivity index (χ0v) is 24.5. The van der Waals surface area contributed by atoms with Gasteiger partial charge in [0.25, 0.3) is 0 Å². The first-order valence-corrected chi connectivity index (χ1v) is 15.1.